The molecule has 0 radical (unpaired) electrons. The quantitative estimate of drug-likeness (QED) is 0.603. The van der Waals surface area contributed by atoms with Gasteiger partial charge >= 0.3 is 0 Å². The van der Waals surface area contributed by atoms with E-state index in [1.807, 2.05) is 30.3 Å². The number of nitrogens with zero attached hydrogens (tertiary/aromatic N) is 2. The highest BCUT2D eigenvalue weighted by Crippen LogP contribution is 2.23. The van der Waals surface area contributed by atoms with Gasteiger partial charge in [0.15, 0.2) is 0 Å². The summed E-state index contributed by atoms with van der Waals surface area (Å²) in [4.78, 5) is 23.0. The van der Waals surface area contributed by atoms with Gasteiger partial charge in [-0.15, -0.1) is 0 Å². The van der Waals surface area contributed by atoms with Crippen molar-refractivity contribution in [2.24, 2.45) is 10.2 Å². The first-order chi connectivity index (χ1) is 10.1. The Morgan fingerprint density at radius 1 is 0.762 bits per heavy atom. The number of carbonyl (C=O) groups is 2. The SMILES string of the molecule is CC(=O)C(C(C)=O)c1ccc(N=Nc2ccccc2)cc1. The van der Waals surface area contributed by atoms with Crippen LogP contribution in [0.4, 0.5) is 11.4 Å². The van der Waals surface area contributed by atoms with E-state index in [1.165, 1.54) is 13.8 Å². The molecule has 106 valence electrons. The zero-order valence-corrected chi connectivity index (χ0v) is 12.0. The van der Waals surface area contributed by atoms with Crippen LogP contribution in [0.3, 0.4) is 0 Å². The number of hydrogen-bond donors (Lipinski definition) is 0. The summed E-state index contributed by atoms with van der Waals surface area (Å²) in [5.41, 5.74) is 2.13. The van der Waals surface area contributed by atoms with Gasteiger partial charge in [-0.25, -0.2) is 0 Å². The van der Waals surface area contributed by atoms with Gasteiger partial charge in [0, 0.05) is 0 Å². The van der Waals surface area contributed by atoms with Crippen molar-refractivity contribution < 1.29 is 9.59 Å². The van der Waals surface area contributed by atoms with Crippen molar-refractivity contribution in [1.29, 1.82) is 0 Å². The van der Waals surface area contributed by atoms with Gasteiger partial charge in [0.2, 0.25) is 0 Å². The molecule has 0 saturated heterocycles. The lowest BCUT2D eigenvalue weighted by molar-refractivity contribution is -0.126. The van der Waals surface area contributed by atoms with Gasteiger partial charge in [-0.2, -0.15) is 10.2 Å². The molecule has 0 aliphatic carbocycles. The molecule has 0 unspecified atom stereocenters. The average molecular weight is 280 g/mol. The van der Waals surface area contributed by atoms with Crippen molar-refractivity contribution in [3.63, 3.8) is 0 Å². The van der Waals surface area contributed by atoms with Crippen LogP contribution in [0, 0.1) is 0 Å². The van der Waals surface area contributed by atoms with Crippen molar-refractivity contribution in [1.82, 2.24) is 0 Å². The lowest BCUT2D eigenvalue weighted by Gasteiger charge is -2.10. The Bertz CT molecular complexity index is 647. The predicted molar refractivity (Wildman–Crippen MR) is 81.2 cm³/mol. The van der Waals surface area contributed by atoms with Crippen LogP contribution in [-0.4, -0.2) is 11.6 Å². The van der Waals surface area contributed by atoms with Gasteiger partial charge in [0.25, 0.3) is 0 Å². The number of azo groups is 1. The highest BCUT2D eigenvalue weighted by Gasteiger charge is 2.21. The molecule has 4 heteroatoms. The van der Waals surface area contributed by atoms with E-state index >= 15 is 0 Å². The zero-order valence-electron chi connectivity index (χ0n) is 12.0. The molecule has 0 atom stereocenters. The van der Waals surface area contributed by atoms with Crippen molar-refractivity contribution in [3.05, 3.63) is 60.2 Å². The molecule has 21 heavy (non-hydrogen) atoms. The fraction of sp³-hybridized carbons (Fsp3) is 0.176. The third kappa shape index (κ3) is 3.92. The maximum atomic E-state index is 11.5. The molecule has 0 saturated carbocycles. The number of Topliss-reactive ketones (excluding diaryl/α,β-unsaturated/α-hetero) is 2. The molecule has 0 aromatic heterocycles. The Hall–Kier alpha value is -2.62. The molecule has 2 aromatic rings. The Kier molecular flexibility index (Phi) is 4.72. The Morgan fingerprint density at radius 2 is 1.24 bits per heavy atom. The Balaban J connectivity index is 2.17. The van der Waals surface area contributed by atoms with Crippen molar-refractivity contribution in [2.75, 3.05) is 0 Å². The predicted octanol–water partition coefficient (Wildman–Crippen LogP) is 4.36. The number of hydrogen-bond acceptors (Lipinski definition) is 4. The monoisotopic (exact) mass is 280 g/mol. The maximum absolute atomic E-state index is 11.5. The minimum atomic E-state index is -0.690. The van der Waals surface area contributed by atoms with Crippen LogP contribution in [0.15, 0.2) is 64.8 Å². The topological polar surface area (TPSA) is 58.9 Å². The molecule has 0 bridgehead atoms. The molecule has 0 amide bonds. The zero-order chi connectivity index (χ0) is 15.2. The van der Waals surface area contributed by atoms with E-state index < -0.39 is 5.92 Å². The molecule has 0 aliphatic heterocycles. The average Bonchev–Trinajstić information content (AvgIpc) is 2.47. The smallest absolute Gasteiger partial charge is 0.144 e. The molecular weight excluding hydrogens is 264 g/mol. The second kappa shape index (κ2) is 6.70. The van der Waals surface area contributed by atoms with Crippen LogP contribution >= 0.6 is 0 Å². The lowest BCUT2D eigenvalue weighted by atomic mass is 9.92. The molecule has 2 rings (SSSR count). The molecule has 0 aliphatic rings. The number of rotatable bonds is 5. The minimum Gasteiger partial charge on any atom is -0.299 e. The van der Waals surface area contributed by atoms with E-state index in [0.717, 1.165) is 5.69 Å². The van der Waals surface area contributed by atoms with E-state index in [0.29, 0.717) is 11.3 Å². The van der Waals surface area contributed by atoms with Gasteiger partial charge in [-0.05, 0) is 43.7 Å². The fourth-order valence-corrected chi connectivity index (χ4v) is 2.10. The van der Waals surface area contributed by atoms with Gasteiger partial charge in [0.1, 0.15) is 17.5 Å². The first kappa shape index (κ1) is 14.8. The standard InChI is InChI=1S/C17H16N2O2/c1-12(20)17(13(2)21)14-8-10-16(11-9-14)19-18-15-6-4-3-5-7-15/h3-11,17H,1-2H3. The molecular formula is C17H16N2O2. The number of benzene rings is 2. The van der Waals surface area contributed by atoms with E-state index in [-0.39, 0.29) is 11.6 Å². The van der Waals surface area contributed by atoms with Crippen LogP contribution < -0.4 is 0 Å². The molecule has 2 aromatic carbocycles. The van der Waals surface area contributed by atoms with Gasteiger partial charge in [0.05, 0.1) is 11.4 Å². The third-order valence-corrected chi connectivity index (χ3v) is 3.08. The first-order valence-electron chi connectivity index (χ1n) is 6.65. The lowest BCUT2D eigenvalue weighted by Crippen LogP contribution is -2.16. The van der Waals surface area contributed by atoms with E-state index in [2.05, 4.69) is 10.2 Å². The second-order valence-corrected chi connectivity index (χ2v) is 4.78. The van der Waals surface area contributed by atoms with Crippen molar-refractivity contribution in [3.8, 4) is 0 Å². The minimum absolute atomic E-state index is 0.152. The normalized spacial score (nSPS) is 11.0. The summed E-state index contributed by atoms with van der Waals surface area (Å²) in [7, 11) is 0. The van der Waals surface area contributed by atoms with Crippen LogP contribution in [0.2, 0.25) is 0 Å². The van der Waals surface area contributed by atoms with E-state index in [9.17, 15) is 9.59 Å². The summed E-state index contributed by atoms with van der Waals surface area (Å²) in [6.07, 6.45) is 0. The summed E-state index contributed by atoms with van der Waals surface area (Å²) >= 11 is 0. The largest absolute Gasteiger partial charge is 0.299 e. The van der Waals surface area contributed by atoms with Crippen molar-refractivity contribution >= 4 is 22.9 Å². The van der Waals surface area contributed by atoms with E-state index in [1.54, 1.807) is 24.3 Å². The Labute approximate surface area is 123 Å². The molecule has 0 spiro atoms. The Morgan fingerprint density at radius 3 is 1.71 bits per heavy atom. The highest BCUT2D eigenvalue weighted by atomic mass is 16.1. The molecule has 0 fully saturated rings. The first-order valence-corrected chi connectivity index (χ1v) is 6.65. The van der Waals surface area contributed by atoms with Crippen LogP contribution in [0.1, 0.15) is 25.3 Å². The fourth-order valence-electron chi connectivity index (χ4n) is 2.10. The van der Waals surface area contributed by atoms with Gasteiger partial charge in [-0.1, -0.05) is 30.3 Å². The summed E-state index contributed by atoms with van der Waals surface area (Å²) < 4.78 is 0. The van der Waals surface area contributed by atoms with E-state index in [4.69, 9.17) is 0 Å². The number of carbonyl (C=O) groups excluding carboxylic acids is 2. The maximum Gasteiger partial charge on any atom is 0.144 e. The summed E-state index contributed by atoms with van der Waals surface area (Å²) in [5, 5.41) is 8.23. The highest BCUT2D eigenvalue weighted by molar-refractivity contribution is 6.05. The van der Waals surface area contributed by atoms with Gasteiger partial charge < -0.3 is 0 Å². The molecule has 0 heterocycles. The van der Waals surface area contributed by atoms with Crippen LogP contribution in [0.25, 0.3) is 0 Å². The molecule has 0 N–H and O–H groups in total. The summed E-state index contributed by atoms with van der Waals surface area (Å²) in [5.74, 6) is -0.993. The molecule has 4 nitrogen and oxygen atoms in total. The van der Waals surface area contributed by atoms with Crippen molar-refractivity contribution in [2.45, 2.75) is 19.8 Å². The summed E-state index contributed by atoms with van der Waals surface area (Å²) in [6.45, 7) is 2.85. The van der Waals surface area contributed by atoms with Gasteiger partial charge in [-0.3, -0.25) is 9.59 Å². The number of ketones is 2. The summed E-state index contributed by atoms with van der Waals surface area (Å²) in [6, 6.07) is 16.4. The third-order valence-electron chi connectivity index (χ3n) is 3.08. The second-order valence-electron chi connectivity index (χ2n) is 4.78. The van der Waals surface area contributed by atoms with Crippen LogP contribution in [0.5, 0.6) is 0 Å². The van der Waals surface area contributed by atoms with Crippen LogP contribution in [-0.2, 0) is 9.59 Å².